The average molecular weight is 245 g/mol. The summed E-state index contributed by atoms with van der Waals surface area (Å²) in [5.41, 5.74) is 6.55. The summed E-state index contributed by atoms with van der Waals surface area (Å²) in [5, 5.41) is 3.51. The number of hydrogen-bond donors (Lipinski definition) is 2. The topological polar surface area (TPSA) is 38.0 Å². The molecule has 0 saturated heterocycles. The molecule has 1 aromatic rings. The van der Waals surface area contributed by atoms with Crippen LogP contribution in [-0.2, 0) is 6.42 Å². The first kappa shape index (κ1) is 13.4. The Bertz CT molecular complexity index is 353. The molecule has 0 aliphatic heterocycles. The van der Waals surface area contributed by atoms with Gasteiger partial charge in [-0.1, -0.05) is 17.7 Å². The van der Waals surface area contributed by atoms with Crippen molar-refractivity contribution < 1.29 is 4.39 Å². The third kappa shape index (κ3) is 4.08. The number of nitrogens with two attached hydrogens (primary N) is 1. The van der Waals surface area contributed by atoms with E-state index in [9.17, 15) is 4.39 Å². The maximum absolute atomic E-state index is 12.9. The molecular weight excluding hydrogens is 227 g/mol. The normalized spacial score (nSPS) is 11.8. The van der Waals surface area contributed by atoms with Gasteiger partial charge in [-0.25, -0.2) is 4.39 Å². The van der Waals surface area contributed by atoms with E-state index in [1.165, 1.54) is 6.07 Å². The second-order valence-corrected chi connectivity index (χ2v) is 4.92. The van der Waals surface area contributed by atoms with Crippen LogP contribution in [0.15, 0.2) is 18.2 Å². The van der Waals surface area contributed by atoms with Crippen molar-refractivity contribution in [3.63, 3.8) is 0 Å². The lowest BCUT2D eigenvalue weighted by Gasteiger charge is -2.24. The molecule has 16 heavy (non-hydrogen) atoms. The Kier molecular flexibility index (Phi) is 4.71. The Morgan fingerprint density at radius 1 is 1.44 bits per heavy atom. The standard InChI is InChI=1S/C12H18ClFN2/c1-12(2,8-15)16-6-5-9-3-4-11(14)10(13)7-9/h3-4,7,16H,5-6,8,15H2,1-2H3. The SMILES string of the molecule is CC(C)(CN)NCCc1ccc(F)c(Cl)c1. The Balaban J connectivity index is 2.46. The second kappa shape index (κ2) is 5.62. The second-order valence-electron chi connectivity index (χ2n) is 4.51. The molecule has 0 aromatic heterocycles. The molecule has 0 spiro atoms. The zero-order chi connectivity index (χ0) is 12.2. The van der Waals surface area contributed by atoms with Gasteiger partial charge in [0, 0.05) is 12.1 Å². The van der Waals surface area contributed by atoms with Gasteiger partial charge in [0.05, 0.1) is 5.02 Å². The first-order valence-electron chi connectivity index (χ1n) is 5.33. The Labute approximate surface area is 101 Å². The molecule has 2 nitrogen and oxygen atoms in total. The maximum Gasteiger partial charge on any atom is 0.141 e. The van der Waals surface area contributed by atoms with Gasteiger partial charge in [0.2, 0.25) is 0 Å². The molecule has 1 rings (SSSR count). The smallest absolute Gasteiger partial charge is 0.141 e. The molecular formula is C12H18ClFN2. The molecule has 90 valence electrons. The first-order chi connectivity index (χ1) is 7.44. The van der Waals surface area contributed by atoms with Crippen LogP contribution in [0.25, 0.3) is 0 Å². The summed E-state index contributed by atoms with van der Waals surface area (Å²) in [6, 6.07) is 4.80. The summed E-state index contributed by atoms with van der Waals surface area (Å²) in [5.74, 6) is -0.374. The molecule has 0 bridgehead atoms. The van der Waals surface area contributed by atoms with Crippen molar-refractivity contribution in [2.24, 2.45) is 5.73 Å². The molecule has 0 fully saturated rings. The molecule has 0 radical (unpaired) electrons. The summed E-state index contributed by atoms with van der Waals surface area (Å²) >= 11 is 5.69. The molecule has 0 unspecified atom stereocenters. The highest BCUT2D eigenvalue weighted by Crippen LogP contribution is 2.16. The highest BCUT2D eigenvalue weighted by Gasteiger charge is 2.13. The molecule has 0 aliphatic rings. The van der Waals surface area contributed by atoms with E-state index in [1.54, 1.807) is 12.1 Å². The number of halogens is 2. The van der Waals surface area contributed by atoms with Crippen molar-refractivity contribution in [1.82, 2.24) is 5.32 Å². The third-order valence-corrected chi connectivity index (χ3v) is 2.80. The van der Waals surface area contributed by atoms with Crippen molar-refractivity contribution in [3.8, 4) is 0 Å². The van der Waals surface area contributed by atoms with Crippen LogP contribution in [0, 0.1) is 5.82 Å². The van der Waals surface area contributed by atoms with Crippen LogP contribution in [0.2, 0.25) is 5.02 Å². The third-order valence-electron chi connectivity index (χ3n) is 2.51. The predicted octanol–water partition coefficient (Wildman–Crippen LogP) is 2.35. The van der Waals surface area contributed by atoms with E-state index in [-0.39, 0.29) is 16.4 Å². The minimum absolute atomic E-state index is 0.0656. The highest BCUT2D eigenvalue weighted by molar-refractivity contribution is 6.30. The molecule has 4 heteroatoms. The molecule has 3 N–H and O–H groups in total. The predicted molar refractivity (Wildman–Crippen MR) is 66.3 cm³/mol. The van der Waals surface area contributed by atoms with Crippen LogP contribution in [0.4, 0.5) is 4.39 Å². The van der Waals surface area contributed by atoms with Crippen LogP contribution in [-0.4, -0.2) is 18.6 Å². The lowest BCUT2D eigenvalue weighted by atomic mass is 10.1. The number of benzene rings is 1. The van der Waals surface area contributed by atoms with Gasteiger partial charge in [-0.15, -0.1) is 0 Å². The Morgan fingerprint density at radius 2 is 2.12 bits per heavy atom. The van der Waals surface area contributed by atoms with Crippen molar-refractivity contribution >= 4 is 11.6 Å². The minimum atomic E-state index is -0.374. The quantitative estimate of drug-likeness (QED) is 0.835. The van der Waals surface area contributed by atoms with Gasteiger partial charge >= 0.3 is 0 Å². The van der Waals surface area contributed by atoms with E-state index in [1.807, 2.05) is 13.8 Å². The van der Waals surface area contributed by atoms with E-state index in [4.69, 9.17) is 17.3 Å². The summed E-state index contributed by atoms with van der Waals surface area (Å²) in [4.78, 5) is 0. The summed E-state index contributed by atoms with van der Waals surface area (Å²) in [6.45, 7) is 5.47. The molecule has 0 saturated carbocycles. The maximum atomic E-state index is 12.9. The Hall–Kier alpha value is -0.640. The van der Waals surface area contributed by atoms with Gasteiger partial charge in [-0.2, -0.15) is 0 Å². The van der Waals surface area contributed by atoms with E-state index >= 15 is 0 Å². The van der Waals surface area contributed by atoms with Gasteiger partial charge in [0.15, 0.2) is 0 Å². The van der Waals surface area contributed by atoms with Crippen molar-refractivity contribution in [2.45, 2.75) is 25.8 Å². The summed E-state index contributed by atoms with van der Waals surface area (Å²) < 4.78 is 12.9. The fourth-order valence-electron chi connectivity index (χ4n) is 1.31. The van der Waals surface area contributed by atoms with Crippen LogP contribution in [0.5, 0.6) is 0 Å². The van der Waals surface area contributed by atoms with Crippen LogP contribution in [0.1, 0.15) is 19.4 Å². The van der Waals surface area contributed by atoms with Crippen LogP contribution in [0.3, 0.4) is 0 Å². The van der Waals surface area contributed by atoms with Gasteiger partial charge in [0.1, 0.15) is 5.82 Å². The van der Waals surface area contributed by atoms with Crippen LogP contribution < -0.4 is 11.1 Å². The summed E-state index contributed by atoms with van der Waals surface area (Å²) in [7, 11) is 0. The van der Waals surface area contributed by atoms with Crippen molar-refractivity contribution in [2.75, 3.05) is 13.1 Å². The summed E-state index contributed by atoms with van der Waals surface area (Å²) in [6.07, 6.45) is 0.809. The monoisotopic (exact) mass is 244 g/mol. The zero-order valence-electron chi connectivity index (χ0n) is 9.69. The van der Waals surface area contributed by atoms with Crippen molar-refractivity contribution in [1.29, 1.82) is 0 Å². The number of rotatable bonds is 5. The molecule has 0 amide bonds. The number of nitrogens with one attached hydrogen (secondary N) is 1. The van der Waals surface area contributed by atoms with Crippen molar-refractivity contribution in [3.05, 3.63) is 34.6 Å². The van der Waals surface area contributed by atoms with Gasteiger partial charge < -0.3 is 11.1 Å². The average Bonchev–Trinajstić information content (AvgIpc) is 2.23. The molecule has 0 heterocycles. The zero-order valence-corrected chi connectivity index (χ0v) is 10.4. The Morgan fingerprint density at radius 3 is 2.69 bits per heavy atom. The lowest BCUT2D eigenvalue weighted by molar-refractivity contribution is 0.402. The van der Waals surface area contributed by atoms with E-state index in [0.29, 0.717) is 6.54 Å². The molecule has 0 atom stereocenters. The molecule has 0 aliphatic carbocycles. The van der Waals surface area contributed by atoms with Crippen LogP contribution >= 0.6 is 11.6 Å². The van der Waals surface area contributed by atoms with E-state index in [2.05, 4.69) is 5.32 Å². The van der Waals surface area contributed by atoms with Gasteiger partial charge in [0.25, 0.3) is 0 Å². The lowest BCUT2D eigenvalue weighted by Crippen LogP contribution is -2.46. The highest BCUT2D eigenvalue weighted by atomic mass is 35.5. The van der Waals surface area contributed by atoms with E-state index < -0.39 is 0 Å². The van der Waals surface area contributed by atoms with Gasteiger partial charge in [-0.3, -0.25) is 0 Å². The van der Waals surface area contributed by atoms with Gasteiger partial charge in [-0.05, 0) is 44.5 Å². The fourth-order valence-corrected chi connectivity index (χ4v) is 1.52. The minimum Gasteiger partial charge on any atom is -0.329 e. The molecule has 1 aromatic carbocycles. The largest absolute Gasteiger partial charge is 0.329 e. The first-order valence-corrected chi connectivity index (χ1v) is 5.71. The fraction of sp³-hybridized carbons (Fsp3) is 0.500. The number of hydrogen-bond acceptors (Lipinski definition) is 2. The van der Waals surface area contributed by atoms with E-state index in [0.717, 1.165) is 18.5 Å².